The fraction of sp³-hybridized carbons (Fsp3) is 0.750. The minimum atomic E-state index is 0.132. The van der Waals surface area contributed by atoms with E-state index in [1.165, 1.54) is 0 Å². The first-order valence-electron chi connectivity index (χ1n) is 8.09. The summed E-state index contributed by atoms with van der Waals surface area (Å²) in [6.45, 7) is 9.07. The molecule has 1 aromatic rings. The predicted molar refractivity (Wildman–Crippen MR) is 84.3 cm³/mol. The smallest absolute Gasteiger partial charge is 0.257 e. The molecule has 1 fully saturated rings. The Morgan fingerprint density at radius 2 is 2.24 bits per heavy atom. The van der Waals surface area contributed by atoms with Crippen molar-refractivity contribution in [2.75, 3.05) is 19.6 Å². The Balaban J connectivity index is 2.03. The maximum Gasteiger partial charge on any atom is 0.257 e. The first-order valence-corrected chi connectivity index (χ1v) is 8.09. The van der Waals surface area contributed by atoms with Gasteiger partial charge in [-0.05, 0) is 32.2 Å². The molecule has 1 saturated heterocycles. The summed E-state index contributed by atoms with van der Waals surface area (Å²) in [4.78, 5) is 14.7. The Bertz CT molecular complexity index is 483. The van der Waals surface area contributed by atoms with Crippen molar-refractivity contribution < 1.29 is 4.79 Å². The van der Waals surface area contributed by atoms with E-state index in [0.717, 1.165) is 50.2 Å². The molecule has 2 unspecified atom stereocenters. The summed E-state index contributed by atoms with van der Waals surface area (Å²) in [5.74, 6) is 0.680. The lowest BCUT2D eigenvalue weighted by Crippen LogP contribution is -2.51. The van der Waals surface area contributed by atoms with Crippen molar-refractivity contribution in [1.82, 2.24) is 20.0 Å². The van der Waals surface area contributed by atoms with Crippen LogP contribution < -0.4 is 5.32 Å². The van der Waals surface area contributed by atoms with Gasteiger partial charge in [-0.25, -0.2) is 0 Å². The summed E-state index contributed by atoms with van der Waals surface area (Å²) in [5, 5.41) is 7.91. The second-order valence-corrected chi connectivity index (χ2v) is 6.07. The minimum Gasteiger partial charge on any atom is -0.338 e. The third-order valence-electron chi connectivity index (χ3n) is 4.45. The van der Waals surface area contributed by atoms with Crippen LogP contribution in [-0.4, -0.2) is 46.3 Å². The van der Waals surface area contributed by atoms with Crippen molar-refractivity contribution >= 4 is 5.91 Å². The molecular formula is C16H28N4O. The van der Waals surface area contributed by atoms with Crippen LogP contribution in [0.4, 0.5) is 0 Å². The molecule has 0 aromatic carbocycles. The second-order valence-electron chi connectivity index (χ2n) is 6.07. The maximum absolute atomic E-state index is 12.7. The molecule has 5 nitrogen and oxygen atoms in total. The molecular weight excluding hydrogens is 264 g/mol. The number of hydrogen-bond acceptors (Lipinski definition) is 3. The van der Waals surface area contributed by atoms with Crippen molar-refractivity contribution in [3.63, 3.8) is 0 Å². The van der Waals surface area contributed by atoms with Crippen LogP contribution >= 0.6 is 0 Å². The zero-order chi connectivity index (χ0) is 15.4. The van der Waals surface area contributed by atoms with Gasteiger partial charge in [0.15, 0.2) is 0 Å². The normalized spacial score (nSPS) is 22.6. The van der Waals surface area contributed by atoms with Crippen LogP contribution in [0.5, 0.6) is 0 Å². The molecule has 2 rings (SSSR count). The van der Waals surface area contributed by atoms with Crippen LogP contribution in [0, 0.1) is 12.8 Å². The van der Waals surface area contributed by atoms with E-state index >= 15 is 0 Å². The van der Waals surface area contributed by atoms with E-state index in [1.54, 1.807) is 4.68 Å². The summed E-state index contributed by atoms with van der Waals surface area (Å²) in [6.07, 6.45) is 5.14. The summed E-state index contributed by atoms with van der Waals surface area (Å²) >= 11 is 0. The number of rotatable bonds is 5. The summed E-state index contributed by atoms with van der Waals surface area (Å²) in [5.41, 5.74) is 1.56. The number of piperidine rings is 1. The van der Waals surface area contributed by atoms with Gasteiger partial charge in [-0.15, -0.1) is 0 Å². The molecule has 0 aliphatic carbocycles. The Morgan fingerprint density at radius 1 is 1.48 bits per heavy atom. The molecule has 118 valence electrons. The minimum absolute atomic E-state index is 0.132. The van der Waals surface area contributed by atoms with Crippen molar-refractivity contribution in [2.24, 2.45) is 13.0 Å². The number of likely N-dealkylation sites (tertiary alicyclic amines) is 1. The number of carbonyl (C=O) groups excluding carboxylic acids is 1. The number of amides is 1. The van der Waals surface area contributed by atoms with E-state index in [0.29, 0.717) is 12.0 Å². The standard InChI is InChI=1S/C16H28N4O/c1-5-8-17-15-7-9-20(10-13(15)6-2)16(21)14-11-19(4)18-12(14)3/h11,13,15,17H,5-10H2,1-4H3. The van der Waals surface area contributed by atoms with Crippen LogP contribution in [0.1, 0.15) is 49.2 Å². The zero-order valence-electron chi connectivity index (χ0n) is 13.7. The summed E-state index contributed by atoms with van der Waals surface area (Å²) < 4.78 is 1.72. The molecule has 1 N–H and O–H groups in total. The van der Waals surface area contributed by atoms with Crippen molar-refractivity contribution in [3.05, 3.63) is 17.5 Å². The van der Waals surface area contributed by atoms with Crippen LogP contribution in [-0.2, 0) is 7.05 Å². The Kier molecular flexibility index (Phi) is 5.39. The Hall–Kier alpha value is -1.36. The van der Waals surface area contributed by atoms with Gasteiger partial charge in [0, 0.05) is 32.4 Å². The van der Waals surface area contributed by atoms with E-state index in [-0.39, 0.29) is 5.91 Å². The van der Waals surface area contributed by atoms with E-state index in [2.05, 4.69) is 24.3 Å². The van der Waals surface area contributed by atoms with Gasteiger partial charge >= 0.3 is 0 Å². The van der Waals surface area contributed by atoms with E-state index in [4.69, 9.17) is 0 Å². The van der Waals surface area contributed by atoms with Crippen LogP contribution in [0.25, 0.3) is 0 Å². The van der Waals surface area contributed by atoms with Crippen molar-refractivity contribution in [2.45, 2.75) is 46.1 Å². The van der Waals surface area contributed by atoms with Gasteiger partial charge in [0.2, 0.25) is 0 Å². The first-order chi connectivity index (χ1) is 10.1. The van der Waals surface area contributed by atoms with Crippen LogP contribution in [0.3, 0.4) is 0 Å². The molecule has 2 heterocycles. The summed E-state index contributed by atoms with van der Waals surface area (Å²) in [6, 6.07) is 0.550. The average molecular weight is 292 g/mol. The number of carbonyl (C=O) groups is 1. The number of aromatic nitrogens is 2. The van der Waals surface area contributed by atoms with Gasteiger partial charge in [0.1, 0.15) is 0 Å². The van der Waals surface area contributed by atoms with E-state index in [1.807, 2.05) is 25.1 Å². The van der Waals surface area contributed by atoms with Gasteiger partial charge in [-0.1, -0.05) is 20.3 Å². The number of nitrogens with one attached hydrogen (secondary N) is 1. The molecule has 1 aliphatic rings. The monoisotopic (exact) mass is 292 g/mol. The third kappa shape index (κ3) is 3.64. The maximum atomic E-state index is 12.7. The fourth-order valence-electron chi connectivity index (χ4n) is 3.21. The number of nitrogens with zero attached hydrogens (tertiary/aromatic N) is 3. The molecule has 0 spiro atoms. The molecule has 2 atom stereocenters. The number of hydrogen-bond donors (Lipinski definition) is 1. The highest BCUT2D eigenvalue weighted by molar-refractivity contribution is 5.95. The van der Waals surface area contributed by atoms with Gasteiger partial charge in [0.05, 0.1) is 11.3 Å². The SMILES string of the molecule is CCCNC1CCN(C(=O)c2cn(C)nc2C)CC1CC. The Morgan fingerprint density at radius 3 is 2.81 bits per heavy atom. The lowest BCUT2D eigenvalue weighted by Gasteiger charge is -2.38. The highest BCUT2D eigenvalue weighted by Crippen LogP contribution is 2.22. The third-order valence-corrected chi connectivity index (χ3v) is 4.45. The van der Waals surface area contributed by atoms with E-state index < -0.39 is 0 Å². The summed E-state index contributed by atoms with van der Waals surface area (Å²) in [7, 11) is 1.86. The molecule has 1 aliphatic heterocycles. The quantitative estimate of drug-likeness (QED) is 0.902. The Labute approximate surface area is 127 Å². The van der Waals surface area contributed by atoms with Gasteiger partial charge in [-0.3, -0.25) is 9.48 Å². The van der Waals surface area contributed by atoms with Crippen molar-refractivity contribution in [1.29, 1.82) is 0 Å². The largest absolute Gasteiger partial charge is 0.338 e. The molecule has 0 bridgehead atoms. The van der Waals surface area contributed by atoms with Crippen molar-refractivity contribution in [3.8, 4) is 0 Å². The second kappa shape index (κ2) is 7.07. The predicted octanol–water partition coefficient (Wildman–Crippen LogP) is 1.97. The molecule has 1 aromatic heterocycles. The number of aryl methyl sites for hydroxylation is 2. The van der Waals surface area contributed by atoms with Gasteiger partial charge < -0.3 is 10.2 Å². The fourth-order valence-corrected chi connectivity index (χ4v) is 3.21. The van der Waals surface area contributed by atoms with E-state index in [9.17, 15) is 4.79 Å². The molecule has 1 amide bonds. The highest BCUT2D eigenvalue weighted by atomic mass is 16.2. The highest BCUT2D eigenvalue weighted by Gasteiger charge is 2.31. The van der Waals surface area contributed by atoms with Crippen LogP contribution in [0.2, 0.25) is 0 Å². The molecule has 21 heavy (non-hydrogen) atoms. The lowest BCUT2D eigenvalue weighted by atomic mass is 9.89. The topological polar surface area (TPSA) is 50.2 Å². The van der Waals surface area contributed by atoms with Gasteiger partial charge in [0.25, 0.3) is 5.91 Å². The first kappa shape index (κ1) is 16.0. The van der Waals surface area contributed by atoms with Gasteiger partial charge in [-0.2, -0.15) is 5.10 Å². The molecule has 5 heteroatoms. The zero-order valence-corrected chi connectivity index (χ0v) is 13.7. The lowest BCUT2D eigenvalue weighted by molar-refractivity contribution is 0.0626. The molecule has 0 radical (unpaired) electrons. The van der Waals surface area contributed by atoms with Crippen LogP contribution in [0.15, 0.2) is 6.20 Å². The molecule has 0 saturated carbocycles. The average Bonchev–Trinajstić information content (AvgIpc) is 2.82.